The first-order valence-electron chi connectivity index (χ1n) is 12.0. The average molecular weight is 438 g/mol. The number of carbonyl (C=O) groups is 2. The maximum absolute atomic E-state index is 12.9. The van der Waals surface area contributed by atoms with Crippen molar-refractivity contribution in [2.45, 2.75) is 96.3 Å². The van der Waals surface area contributed by atoms with Crippen LogP contribution < -0.4 is 16.0 Å². The van der Waals surface area contributed by atoms with Gasteiger partial charge in [-0.1, -0.05) is 38.0 Å². The van der Waals surface area contributed by atoms with Gasteiger partial charge in [0.2, 0.25) is 5.91 Å². The van der Waals surface area contributed by atoms with Crippen LogP contribution in [0.5, 0.6) is 0 Å². The molecule has 1 aliphatic heterocycles. The molecule has 3 N–H and O–H groups in total. The van der Waals surface area contributed by atoms with E-state index in [0.717, 1.165) is 36.8 Å². The Morgan fingerprint density at radius 2 is 1.81 bits per heavy atom. The zero-order valence-corrected chi connectivity index (χ0v) is 20.1. The van der Waals surface area contributed by atoms with Crippen molar-refractivity contribution in [2.24, 2.45) is 0 Å². The second kappa shape index (κ2) is 10.5. The minimum Gasteiger partial charge on any atom is -0.350 e. The summed E-state index contributed by atoms with van der Waals surface area (Å²) in [7, 11) is 0. The third-order valence-electron chi connectivity index (χ3n) is 6.61. The molecule has 2 aliphatic rings. The van der Waals surface area contributed by atoms with Crippen LogP contribution >= 0.6 is 0 Å². The van der Waals surface area contributed by atoms with Crippen LogP contribution in [0.15, 0.2) is 30.4 Å². The number of benzene rings is 1. The molecule has 2 unspecified atom stereocenters. The summed E-state index contributed by atoms with van der Waals surface area (Å²) in [5.41, 5.74) is 3.03. The van der Waals surface area contributed by atoms with Gasteiger partial charge in [-0.2, -0.15) is 0 Å². The Balaban J connectivity index is 1.68. The predicted molar refractivity (Wildman–Crippen MR) is 132 cm³/mol. The van der Waals surface area contributed by atoms with Crippen LogP contribution in [0, 0.1) is 0 Å². The Labute approximate surface area is 193 Å². The number of hydrogen-bond acceptors (Lipinski definition) is 3. The highest BCUT2D eigenvalue weighted by Crippen LogP contribution is 2.23. The molecule has 1 aromatic carbocycles. The highest BCUT2D eigenvalue weighted by molar-refractivity contribution is 5.99. The Kier molecular flexibility index (Phi) is 7.94. The number of hydrogen-bond donors (Lipinski definition) is 3. The molecule has 1 aliphatic carbocycles. The van der Waals surface area contributed by atoms with E-state index in [2.05, 4.69) is 43.3 Å². The van der Waals surface area contributed by atoms with Gasteiger partial charge in [0.15, 0.2) is 0 Å². The lowest BCUT2D eigenvalue weighted by Crippen LogP contribution is -2.56. The van der Waals surface area contributed by atoms with E-state index in [-0.39, 0.29) is 29.4 Å². The van der Waals surface area contributed by atoms with Crippen LogP contribution in [0.25, 0.3) is 12.2 Å². The molecule has 174 valence electrons. The van der Waals surface area contributed by atoms with Gasteiger partial charge in [-0.15, -0.1) is 0 Å². The van der Waals surface area contributed by atoms with Gasteiger partial charge in [-0.05, 0) is 82.7 Å². The highest BCUT2D eigenvalue weighted by Gasteiger charge is 2.32. The van der Waals surface area contributed by atoms with E-state index in [1.54, 1.807) is 6.08 Å². The SMILES string of the molecule is C=Cc1cc(C(=O)NC2CC(C)NC(C)(C)C2)ccc1/C=C(\C)C(=O)NC1CCCCC1. The maximum Gasteiger partial charge on any atom is 0.251 e. The van der Waals surface area contributed by atoms with Crippen LogP contribution in [0.2, 0.25) is 0 Å². The Morgan fingerprint density at radius 3 is 2.47 bits per heavy atom. The van der Waals surface area contributed by atoms with Crippen LogP contribution in [0.4, 0.5) is 0 Å². The van der Waals surface area contributed by atoms with E-state index in [1.165, 1.54) is 19.3 Å². The molecule has 1 aromatic rings. The molecule has 0 radical (unpaired) electrons. The van der Waals surface area contributed by atoms with Crippen LogP contribution in [0.3, 0.4) is 0 Å². The summed E-state index contributed by atoms with van der Waals surface area (Å²) in [5, 5.41) is 9.94. The molecule has 1 heterocycles. The molecule has 2 atom stereocenters. The van der Waals surface area contributed by atoms with Gasteiger partial charge in [0.25, 0.3) is 5.91 Å². The Morgan fingerprint density at radius 1 is 1.09 bits per heavy atom. The first-order chi connectivity index (χ1) is 15.2. The zero-order chi connectivity index (χ0) is 23.3. The molecule has 5 heteroatoms. The monoisotopic (exact) mass is 437 g/mol. The summed E-state index contributed by atoms with van der Waals surface area (Å²) in [6, 6.07) is 6.38. The molecule has 0 aromatic heterocycles. The van der Waals surface area contributed by atoms with E-state index >= 15 is 0 Å². The number of nitrogens with one attached hydrogen (secondary N) is 3. The first kappa shape index (κ1) is 24.2. The Bertz CT molecular complexity index is 881. The lowest BCUT2D eigenvalue weighted by Gasteiger charge is -2.40. The van der Waals surface area contributed by atoms with E-state index in [0.29, 0.717) is 17.2 Å². The minimum atomic E-state index is -0.0645. The summed E-state index contributed by atoms with van der Waals surface area (Å²) in [6.45, 7) is 12.3. The fourth-order valence-electron chi connectivity index (χ4n) is 5.16. The van der Waals surface area contributed by atoms with Gasteiger partial charge in [0.1, 0.15) is 0 Å². The van der Waals surface area contributed by atoms with E-state index in [4.69, 9.17) is 0 Å². The van der Waals surface area contributed by atoms with Crippen molar-refractivity contribution in [1.82, 2.24) is 16.0 Å². The molecule has 0 spiro atoms. The zero-order valence-electron chi connectivity index (χ0n) is 20.1. The standard InChI is InChI=1S/C27H39N3O2/c1-6-20-16-22(26(32)29-24-15-19(3)30-27(4,5)17-24)13-12-21(20)14-18(2)25(31)28-23-10-8-7-9-11-23/h6,12-14,16,19,23-24,30H,1,7-11,15,17H2,2-5H3,(H,28,31)(H,29,32)/b18-14+. The third kappa shape index (κ3) is 6.55. The van der Waals surface area contributed by atoms with Crippen molar-refractivity contribution >= 4 is 24.0 Å². The van der Waals surface area contributed by atoms with Crippen LogP contribution in [-0.2, 0) is 4.79 Å². The lowest BCUT2D eigenvalue weighted by molar-refractivity contribution is -0.118. The molecular formula is C27H39N3O2. The smallest absolute Gasteiger partial charge is 0.251 e. The van der Waals surface area contributed by atoms with Crippen LogP contribution in [-0.4, -0.2) is 35.5 Å². The Hall–Kier alpha value is -2.40. The number of amides is 2. The van der Waals surface area contributed by atoms with Crippen molar-refractivity contribution in [2.75, 3.05) is 0 Å². The van der Waals surface area contributed by atoms with Crippen molar-refractivity contribution in [3.8, 4) is 0 Å². The molecule has 0 bridgehead atoms. The normalized spacial score (nSPS) is 23.9. The fourth-order valence-corrected chi connectivity index (χ4v) is 5.16. The van der Waals surface area contributed by atoms with E-state index in [9.17, 15) is 9.59 Å². The largest absolute Gasteiger partial charge is 0.350 e. The van der Waals surface area contributed by atoms with E-state index in [1.807, 2.05) is 31.2 Å². The quantitative estimate of drug-likeness (QED) is 0.558. The second-order valence-electron chi connectivity index (χ2n) is 10.2. The van der Waals surface area contributed by atoms with Crippen molar-refractivity contribution in [3.63, 3.8) is 0 Å². The number of rotatable bonds is 6. The second-order valence-corrected chi connectivity index (χ2v) is 10.2. The molecule has 2 amide bonds. The van der Waals surface area contributed by atoms with E-state index < -0.39 is 0 Å². The molecule has 32 heavy (non-hydrogen) atoms. The number of carbonyl (C=O) groups excluding carboxylic acids is 2. The van der Waals surface area contributed by atoms with Crippen molar-refractivity contribution in [3.05, 3.63) is 47.0 Å². The molecular weight excluding hydrogens is 398 g/mol. The minimum absolute atomic E-state index is 0.00622. The van der Waals surface area contributed by atoms with Gasteiger partial charge in [-0.25, -0.2) is 0 Å². The topological polar surface area (TPSA) is 70.2 Å². The molecule has 3 rings (SSSR count). The summed E-state index contributed by atoms with van der Waals surface area (Å²) < 4.78 is 0. The third-order valence-corrected chi connectivity index (χ3v) is 6.61. The maximum atomic E-state index is 12.9. The highest BCUT2D eigenvalue weighted by atomic mass is 16.2. The average Bonchev–Trinajstić information content (AvgIpc) is 2.73. The summed E-state index contributed by atoms with van der Waals surface area (Å²) in [5.74, 6) is -0.0818. The van der Waals surface area contributed by atoms with Gasteiger partial charge in [0.05, 0.1) is 0 Å². The summed E-state index contributed by atoms with van der Waals surface area (Å²) in [6.07, 6.45) is 11.2. The first-order valence-corrected chi connectivity index (χ1v) is 12.0. The van der Waals surface area contributed by atoms with Gasteiger partial charge >= 0.3 is 0 Å². The summed E-state index contributed by atoms with van der Waals surface area (Å²) >= 11 is 0. The van der Waals surface area contributed by atoms with Gasteiger partial charge < -0.3 is 16.0 Å². The predicted octanol–water partition coefficient (Wildman–Crippen LogP) is 4.83. The van der Waals surface area contributed by atoms with Crippen LogP contribution in [0.1, 0.15) is 94.1 Å². The fraction of sp³-hybridized carbons (Fsp3) is 0.556. The molecule has 5 nitrogen and oxygen atoms in total. The molecule has 1 saturated carbocycles. The van der Waals surface area contributed by atoms with Gasteiger partial charge in [-0.3, -0.25) is 9.59 Å². The summed E-state index contributed by atoms with van der Waals surface area (Å²) in [4.78, 5) is 25.5. The number of piperidine rings is 1. The van der Waals surface area contributed by atoms with Crippen molar-refractivity contribution < 1.29 is 9.59 Å². The van der Waals surface area contributed by atoms with Crippen molar-refractivity contribution in [1.29, 1.82) is 0 Å². The molecule has 1 saturated heterocycles. The van der Waals surface area contributed by atoms with Gasteiger partial charge in [0, 0.05) is 34.8 Å². The molecule has 2 fully saturated rings. The lowest BCUT2D eigenvalue weighted by atomic mass is 9.86.